The summed E-state index contributed by atoms with van der Waals surface area (Å²) >= 11 is 0. The van der Waals surface area contributed by atoms with Crippen molar-refractivity contribution < 1.29 is 4.74 Å². The molecular formula is C11H22O. The van der Waals surface area contributed by atoms with Gasteiger partial charge < -0.3 is 4.74 Å². The van der Waals surface area contributed by atoms with E-state index in [4.69, 9.17) is 4.74 Å². The van der Waals surface area contributed by atoms with Gasteiger partial charge >= 0.3 is 0 Å². The number of hydrogen-bond acceptors (Lipinski definition) is 1. The van der Waals surface area contributed by atoms with Gasteiger partial charge in [-0.25, -0.2) is 0 Å². The number of ether oxygens (including phenoxy) is 1. The standard InChI is InChI=1S/C11H22O/c1-10(2)8-6-5-7-9-12-11(3)4/h6,8,10-11H,5,7,9H2,1-4H3/b8-6+. The largest absolute Gasteiger partial charge is 0.379 e. The molecule has 0 aromatic heterocycles. The van der Waals surface area contributed by atoms with Crippen molar-refractivity contribution in [3.05, 3.63) is 12.2 Å². The molecule has 0 aliphatic rings. The monoisotopic (exact) mass is 170 g/mol. The van der Waals surface area contributed by atoms with Crippen molar-refractivity contribution in [2.75, 3.05) is 6.61 Å². The number of unbranched alkanes of at least 4 members (excludes halogenated alkanes) is 1. The molecule has 0 aliphatic carbocycles. The van der Waals surface area contributed by atoms with Crippen LogP contribution in [0.2, 0.25) is 0 Å². The van der Waals surface area contributed by atoms with Crippen molar-refractivity contribution in [3.8, 4) is 0 Å². The van der Waals surface area contributed by atoms with Gasteiger partial charge in [-0.3, -0.25) is 0 Å². The second kappa shape index (κ2) is 7.35. The van der Waals surface area contributed by atoms with E-state index in [1.807, 2.05) is 0 Å². The van der Waals surface area contributed by atoms with Crippen LogP contribution in [0.25, 0.3) is 0 Å². The molecule has 0 spiro atoms. The lowest BCUT2D eigenvalue weighted by atomic mass is 10.2. The highest BCUT2D eigenvalue weighted by molar-refractivity contribution is 4.83. The third kappa shape index (κ3) is 9.70. The van der Waals surface area contributed by atoms with Crippen LogP contribution < -0.4 is 0 Å². The van der Waals surface area contributed by atoms with Gasteiger partial charge in [-0.2, -0.15) is 0 Å². The summed E-state index contributed by atoms with van der Waals surface area (Å²) in [5.74, 6) is 0.677. The van der Waals surface area contributed by atoms with E-state index < -0.39 is 0 Å². The van der Waals surface area contributed by atoms with Crippen LogP contribution in [-0.4, -0.2) is 12.7 Å². The molecule has 0 aliphatic heterocycles. The average Bonchev–Trinajstić information content (AvgIpc) is 1.95. The zero-order valence-corrected chi connectivity index (χ0v) is 8.84. The number of allylic oxidation sites excluding steroid dienone is 2. The Morgan fingerprint density at radius 2 is 1.83 bits per heavy atom. The summed E-state index contributed by atoms with van der Waals surface area (Å²) in [5, 5.41) is 0. The Labute approximate surface area is 76.8 Å². The minimum absolute atomic E-state index is 0.374. The first-order chi connectivity index (χ1) is 5.63. The SMILES string of the molecule is CC(C)/C=C/CCCOC(C)C. The molecule has 0 unspecified atom stereocenters. The Kier molecular flexibility index (Phi) is 7.17. The molecule has 0 N–H and O–H groups in total. The molecule has 0 radical (unpaired) electrons. The molecule has 72 valence electrons. The molecule has 0 bridgehead atoms. The molecule has 0 aromatic carbocycles. The third-order valence-corrected chi connectivity index (χ3v) is 1.49. The molecule has 1 heteroatoms. The summed E-state index contributed by atoms with van der Waals surface area (Å²) < 4.78 is 5.41. The fraction of sp³-hybridized carbons (Fsp3) is 0.818. The van der Waals surface area contributed by atoms with E-state index in [0.29, 0.717) is 12.0 Å². The number of hydrogen-bond donors (Lipinski definition) is 0. The molecule has 0 saturated heterocycles. The van der Waals surface area contributed by atoms with Gasteiger partial charge in [-0.1, -0.05) is 26.0 Å². The molecule has 0 amide bonds. The molecule has 12 heavy (non-hydrogen) atoms. The van der Waals surface area contributed by atoms with Gasteiger partial charge in [0.1, 0.15) is 0 Å². The quantitative estimate of drug-likeness (QED) is 0.438. The maximum Gasteiger partial charge on any atom is 0.0518 e. The zero-order valence-electron chi connectivity index (χ0n) is 8.84. The van der Waals surface area contributed by atoms with E-state index in [1.54, 1.807) is 0 Å². The van der Waals surface area contributed by atoms with Crippen LogP contribution in [0.3, 0.4) is 0 Å². The fourth-order valence-corrected chi connectivity index (χ4v) is 0.889. The number of rotatable bonds is 6. The van der Waals surface area contributed by atoms with Gasteiger partial charge in [0.2, 0.25) is 0 Å². The Balaban J connectivity index is 3.11. The second-order valence-electron chi connectivity index (χ2n) is 3.73. The predicted molar refractivity (Wildman–Crippen MR) is 54.3 cm³/mol. The summed E-state index contributed by atoms with van der Waals surface area (Å²) in [6.45, 7) is 9.43. The third-order valence-electron chi connectivity index (χ3n) is 1.49. The summed E-state index contributed by atoms with van der Waals surface area (Å²) in [6.07, 6.45) is 7.15. The minimum Gasteiger partial charge on any atom is -0.379 e. The summed E-state index contributed by atoms with van der Waals surface area (Å²) in [7, 11) is 0. The van der Waals surface area contributed by atoms with Crippen LogP contribution in [-0.2, 0) is 4.74 Å². The maximum atomic E-state index is 5.41. The van der Waals surface area contributed by atoms with E-state index in [9.17, 15) is 0 Å². The first kappa shape index (κ1) is 11.7. The fourth-order valence-electron chi connectivity index (χ4n) is 0.889. The highest BCUT2D eigenvalue weighted by Crippen LogP contribution is 1.99. The molecule has 0 fully saturated rings. The smallest absolute Gasteiger partial charge is 0.0518 e. The molecular weight excluding hydrogens is 148 g/mol. The van der Waals surface area contributed by atoms with Gasteiger partial charge in [0.15, 0.2) is 0 Å². The van der Waals surface area contributed by atoms with Crippen LogP contribution in [0.15, 0.2) is 12.2 Å². The molecule has 0 heterocycles. The first-order valence-electron chi connectivity index (χ1n) is 4.91. The average molecular weight is 170 g/mol. The zero-order chi connectivity index (χ0) is 9.40. The van der Waals surface area contributed by atoms with Crippen molar-refractivity contribution in [1.29, 1.82) is 0 Å². The van der Waals surface area contributed by atoms with Crippen molar-refractivity contribution in [2.24, 2.45) is 5.92 Å². The van der Waals surface area contributed by atoms with E-state index in [-0.39, 0.29) is 0 Å². The molecule has 0 atom stereocenters. The Morgan fingerprint density at radius 3 is 2.33 bits per heavy atom. The van der Waals surface area contributed by atoms with E-state index in [2.05, 4.69) is 39.8 Å². The minimum atomic E-state index is 0.374. The summed E-state index contributed by atoms with van der Waals surface area (Å²) in [4.78, 5) is 0. The van der Waals surface area contributed by atoms with E-state index in [0.717, 1.165) is 19.4 Å². The second-order valence-corrected chi connectivity index (χ2v) is 3.73. The van der Waals surface area contributed by atoms with E-state index >= 15 is 0 Å². The van der Waals surface area contributed by atoms with Crippen molar-refractivity contribution in [3.63, 3.8) is 0 Å². The van der Waals surface area contributed by atoms with Crippen LogP contribution in [0.5, 0.6) is 0 Å². The van der Waals surface area contributed by atoms with Crippen LogP contribution >= 0.6 is 0 Å². The normalized spacial score (nSPS) is 12.2. The highest BCUT2D eigenvalue weighted by Gasteiger charge is 1.91. The van der Waals surface area contributed by atoms with Gasteiger partial charge in [-0.15, -0.1) is 0 Å². The summed E-state index contributed by atoms with van der Waals surface area (Å²) in [5.41, 5.74) is 0. The van der Waals surface area contributed by atoms with Gasteiger partial charge in [0.05, 0.1) is 6.10 Å². The molecule has 1 nitrogen and oxygen atoms in total. The van der Waals surface area contributed by atoms with E-state index in [1.165, 1.54) is 0 Å². The summed E-state index contributed by atoms with van der Waals surface area (Å²) in [6, 6.07) is 0. The molecule has 0 saturated carbocycles. The lowest BCUT2D eigenvalue weighted by Gasteiger charge is -2.05. The van der Waals surface area contributed by atoms with Gasteiger partial charge in [0, 0.05) is 6.61 Å². The topological polar surface area (TPSA) is 9.23 Å². The lowest BCUT2D eigenvalue weighted by Crippen LogP contribution is -2.03. The Morgan fingerprint density at radius 1 is 1.17 bits per heavy atom. The molecule has 0 aromatic rings. The lowest BCUT2D eigenvalue weighted by molar-refractivity contribution is 0.0775. The van der Waals surface area contributed by atoms with Crippen molar-refractivity contribution >= 4 is 0 Å². The predicted octanol–water partition coefficient (Wildman–Crippen LogP) is 3.40. The van der Waals surface area contributed by atoms with Gasteiger partial charge in [-0.05, 0) is 32.6 Å². The van der Waals surface area contributed by atoms with Crippen molar-refractivity contribution in [1.82, 2.24) is 0 Å². The van der Waals surface area contributed by atoms with Gasteiger partial charge in [0.25, 0.3) is 0 Å². The Hall–Kier alpha value is -0.300. The van der Waals surface area contributed by atoms with Crippen LogP contribution in [0.1, 0.15) is 40.5 Å². The van der Waals surface area contributed by atoms with Crippen LogP contribution in [0.4, 0.5) is 0 Å². The highest BCUT2D eigenvalue weighted by atomic mass is 16.5. The van der Waals surface area contributed by atoms with Crippen LogP contribution in [0, 0.1) is 5.92 Å². The maximum absolute atomic E-state index is 5.41. The Bertz CT molecular complexity index is 114. The first-order valence-corrected chi connectivity index (χ1v) is 4.91. The molecule has 0 rings (SSSR count). The van der Waals surface area contributed by atoms with Crippen molar-refractivity contribution in [2.45, 2.75) is 46.6 Å².